The number of hydrogen-bond donors (Lipinski definition) is 0. The average molecular weight is 265 g/mol. The van der Waals surface area contributed by atoms with E-state index < -0.39 is 0 Å². The molecule has 0 N–H and O–H groups in total. The molecule has 0 spiro atoms. The molecule has 106 valence electrons. The molecule has 0 aliphatic carbocycles. The molecular formula is C13H23N5O. The molecule has 1 atom stereocenters. The predicted molar refractivity (Wildman–Crippen MR) is 72.4 cm³/mol. The Balaban J connectivity index is 1.87. The quantitative estimate of drug-likeness (QED) is 0.802. The minimum absolute atomic E-state index is 0.150. The number of nitrogens with zero attached hydrogens (tertiary/aromatic N) is 5. The van der Waals surface area contributed by atoms with Gasteiger partial charge < -0.3 is 9.47 Å². The SMILES string of the molecule is CC1CCCCN1CC(=O)N(C)Cc1nncn1C. The Labute approximate surface area is 114 Å². The van der Waals surface area contributed by atoms with Gasteiger partial charge in [0.15, 0.2) is 5.82 Å². The van der Waals surface area contributed by atoms with E-state index in [2.05, 4.69) is 22.0 Å². The zero-order chi connectivity index (χ0) is 13.8. The van der Waals surface area contributed by atoms with Gasteiger partial charge in [-0.2, -0.15) is 0 Å². The number of hydrogen-bond acceptors (Lipinski definition) is 4. The molecule has 2 rings (SSSR count). The van der Waals surface area contributed by atoms with E-state index in [1.54, 1.807) is 11.2 Å². The van der Waals surface area contributed by atoms with Crippen LogP contribution in [0.5, 0.6) is 0 Å². The Morgan fingerprint density at radius 1 is 1.53 bits per heavy atom. The number of rotatable bonds is 4. The molecule has 6 nitrogen and oxygen atoms in total. The highest BCUT2D eigenvalue weighted by molar-refractivity contribution is 5.77. The smallest absolute Gasteiger partial charge is 0.236 e. The molecule has 19 heavy (non-hydrogen) atoms. The van der Waals surface area contributed by atoms with Crippen LogP contribution in [-0.2, 0) is 18.4 Å². The van der Waals surface area contributed by atoms with Gasteiger partial charge in [-0.25, -0.2) is 0 Å². The fourth-order valence-corrected chi connectivity index (χ4v) is 2.44. The van der Waals surface area contributed by atoms with Crippen LogP contribution in [0.4, 0.5) is 0 Å². The van der Waals surface area contributed by atoms with Crippen LogP contribution >= 0.6 is 0 Å². The average Bonchev–Trinajstić information content (AvgIpc) is 2.78. The molecule has 1 saturated heterocycles. The topological polar surface area (TPSA) is 54.3 Å². The first kappa shape index (κ1) is 14.0. The zero-order valence-electron chi connectivity index (χ0n) is 12.0. The molecule has 0 saturated carbocycles. The Morgan fingerprint density at radius 3 is 2.95 bits per heavy atom. The largest absolute Gasteiger partial charge is 0.337 e. The number of likely N-dealkylation sites (tertiary alicyclic amines) is 1. The summed E-state index contributed by atoms with van der Waals surface area (Å²) >= 11 is 0. The van der Waals surface area contributed by atoms with E-state index in [1.165, 1.54) is 19.3 Å². The second kappa shape index (κ2) is 6.14. The van der Waals surface area contributed by atoms with Gasteiger partial charge in [0.05, 0.1) is 13.1 Å². The molecule has 0 bridgehead atoms. The highest BCUT2D eigenvalue weighted by Crippen LogP contribution is 2.16. The maximum absolute atomic E-state index is 12.2. The van der Waals surface area contributed by atoms with Gasteiger partial charge in [0.1, 0.15) is 6.33 Å². The van der Waals surface area contributed by atoms with E-state index in [0.29, 0.717) is 19.1 Å². The Kier molecular flexibility index (Phi) is 4.52. The number of carbonyl (C=O) groups excluding carboxylic acids is 1. The summed E-state index contributed by atoms with van der Waals surface area (Å²) < 4.78 is 1.84. The third-order valence-electron chi connectivity index (χ3n) is 3.89. The van der Waals surface area contributed by atoms with Crippen LogP contribution < -0.4 is 0 Å². The summed E-state index contributed by atoms with van der Waals surface area (Å²) in [7, 11) is 3.71. The molecule has 1 aromatic heterocycles. The maximum atomic E-state index is 12.2. The van der Waals surface area contributed by atoms with Crippen LogP contribution in [0.15, 0.2) is 6.33 Å². The first-order valence-electron chi connectivity index (χ1n) is 6.89. The van der Waals surface area contributed by atoms with Crippen molar-refractivity contribution in [1.82, 2.24) is 24.6 Å². The van der Waals surface area contributed by atoms with Crippen LogP contribution in [0.2, 0.25) is 0 Å². The van der Waals surface area contributed by atoms with E-state index in [0.717, 1.165) is 12.4 Å². The van der Waals surface area contributed by atoms with Gasteiger partial charge in [0.2, 0.25) is 5.91 Å². The summed E-state index contributed by atoms with van der Waals surface area (Å²) in [5.41, 5.74) is 0. The Morgan fingerprint density at radius 2 is 2.32 bits per heavy atom. The van der Waals surface area contributed by atoms with Crippen LogP contribution in [0.1, 0.15) is 32.0 Å². The van der Waals surface area contributed by atoms with E-state index in [4.69, 9.17) is 0 Å². The van der Waals surface area contributed by atoms with E-state index in [9.17, 15) is 4.79 Å². The molecule has 0 radical (unpaired) electrons. The molecule has 2 heterocycles. The van der Waals surface area contributed by atoms with Crippen molar-refractivity contribution in [3.63, 3.8) is 0 Å². The van der Waals surface area contributed by atoms with Crippen molar-refractivity contribution < 1.29 is 4.79 Å². The van der Waals surface area contributed by atoms with Gasteiger partial charge in [-0.1, -0.05) is 6.42 Å². The lowest BCUT2D eigenvalue weighted by atomic mass is 10.0. The summed E-state index contributed by atoms with van der Waals surface area (Å²) in [4.78, 5) is 16.2. The van der Waals surface area contributed by atoms with Crippen molar-refractivity contribution >= 4 is 5.91 Å². The number of aromatic nitrogens is 3. The third-order valence-corrected chi connectivity index (χ3v) is 3.89. The summed E-state index contributed by atoms with van der Waals surface area (Å²) in [5, 5.41) is 7.83. The predicted octanol–water partition coefficient (Wildman–Crippen LogP) is 0.648. The van der Waals surface area contributed by atoms with Crippen molar-refractivity contribution in [1.29, 1.82) is 0 Å². The number of likely N-dealkylation sites (N-methyl/N-ethyl adjacent to an activating group) is 1. The van der Waals surface area contributed by atoms with Crippen molar-refractivity contribution in [2.75, 3.05) is 20.1 Å². The summed E-state index contributed by atoms with van der Waals surface area (Å²) in [6.07, 6.45) is 5.33. The standard InChI is InChI=1S/C13H23N5O/c1-11-6-4-5-7-18(11)9-13(19)16(2)8-12-15-14-10-17(12)3/h10-11H,4-9H2,1-3H3. The fraction of sp³-hybridized carbons (Fsp3) is 0.769. The van der Waals surface area contributed by atoms with Crippen LogP contribution in [-0.4, -0.2) is 56.7 Å². The second-order valence-corrected chi connectivity index (χ2v) is 5.42. The zero-order valence-corrected chi connectivity index (χ0v) is 12.0. The summed E-state index contributed by atoms with van der Waals surface area (Å²) in [6, 6.07) is 0.515. The molecule has 0 aromatic carbocycles. The van der Waals surface area contributed by atoms with Gasteiger partial charge in [0.25, 0.3) is 0 Å². The fourth-order valence-electron chi connectivity index (χ4n) is 2.44. The molecule has 1 unspecified atom stereocenters. The molecule has 6 heteroatoms. The lowest BCUT2D eigenvalue weighted by Crippen LogP contribution is -2.44. The van der Waals surface area contributed by atoms with Crippen molar-refractivity contribution in [3.8, 4) is 0 Å². The van der Waals surface area contributed by atoms with E-state index in [-0.39, 0.29) is 5.91 Å². The van der Waals surface area contributed by atoms with Crippen LogP contribution in [0, 0.1) is 0 Å². The first-order valence-corrected chi connectivity index (χ1v) is 6.89. The minimum Gasteiger partial charge on any atom is -0.337 e. The Hall–Kier alpha value is -1.43. The lowest BCUT2D eigenvalue weighted by Gasteiger charge is -2.33. The Bertz CT molecular complexity index is 430. The summed E-state index contributed by atoms with van der Waals surface area (Å²) in [5.74, 6) is 0.958. The van der Waals surface area contributed by atoms with Crippen molar-refractivity contribution in [2.45, 2.75) is 38.8 Å². The second-order valence-electron chi connectivity index (χ2n) is 5.42. The van der Waals surface area contributed by atoms with Crippen molar-refractivity contribution in [3.05, 3.63) is 12.2 Å². The molecule has 1 fully saturated rings. The number of piperidine rings is 1. The number of carbonyl (C=O) groups is 1. The normalized spacial score (nSPS) is 20.5. The summed E-state index contributed by atoms with van der Waals surface area (Å²) in [6.45, 7) is 4.26. The molecule has 1 aliphatic heterocycles. The van der Waals surface area contributed by atoms with Gasteiger partial charge in [0, 0.05) is 20.1 Å². The first-order chi connectivity index (χ1) is 9.08. The highest BCUT2D eigenvalue weighted by atomic mass is 16.2. The number of aryl methyl sites for hydroxylation is 1. The van der Waals surface area contributed by atoms with Gasteiger partial charge in [-0.05, 0) is 26.3 Å². The lowest BCUT2D eigenvalue weighted by molar-refractivity contribution is -0.132. The van der Waals surface area contributed by atoms with E-state index >= 15 is 0 Å². The van der Waals surface area contributed by atoms with Gasteiger partial charge in [-0.3, -0.25) is 9.69 Å². The molecular weight excluding hydrogens is 242 g/mol. The molecule has 1 amide bonds. The van der Waals surface area contributed by atoms with Gasteiger partial charge >= 0.3 is 0 Å². The monoisotopic (exact) mass is 265 g/mol. The maximum Gasteiger partial charge on any atom is 0.236 e. The third kappa shape index (κ3) is 3.53. The van der Waals surface area contributed by atoms with Crippen molar-refractivity contribution in [2.24, 2.45) is 7.05 Å². The molecule has 1 aromatic rings. The highest BCUT2D eigenvalue weighted by Gasteiger charge is 2.22. The van der Waals surface area contributed by atoms with E-state index in [1.807, 2.05) is 18.7 Å². The van der Waals surface area contributed by atoms with Gasteiger partial charge in [-0.15, -0.1) is 10.2 Å². The molecule has 1 aliphatic rings. The minimum atomic E-state index is 0.150. The van der Waals surface area contributed by atoms with Crippen LogP contribution in [0.3, 0.4) is 0 Å². The number of amides is 1. The van der Waals surface area contributed by atoms with Crippen LogP contribution in [0.25, 0.3) is 0 Å².